The zero-order valence-electron chi connectivity index (χ0n) is 21.8. The SMILES string of the molecule is CCOC(=O)c1c(NC(=O)c2cc3nc(-c4cccs4)cc(C(F)(F)F)n3n2)sc2c1CCC(C(C)(C)C)C2. The minimum absolute atomic E-state index is 0.0802. The molecule has 12 heteroatoms. The van der Waals surface area contributed by atoms with Crippen LogP contribution in [0.4, 0.5) is 18.2 Å². The number of thiophene rings is 2. The van der Waals surface area contributed by atoms with Crippen LogP contribution in [0.1, 0.15) is 71.1 Å². The Balaban J connectivity index is 1.52. The summed E-state index contributed by atoms with van der Waals surface area (Å²) in [6.07, 6.45) is -2.38. The lowest BCUT2D eigenvalue weighted by atomic mass is 9.72. The topological polar surface area (TPSA) is 85.6 Å². The van der Waals surface area contributed by atoms with Crippen molar-refractivity contribution in [2.75, 3.05) is 11.9 Å². The molecule has 0 saturated carbocycles. The number of rotatable bonds is 5. The maximum atomic E-state index is 13.9. The monoisotopic (exact) mass is 576 g/mol. The lowest BCUT2D eigenvalue weighted by molar-refractivity contribution is -0.142. The molecule has 1 unspecified atom stereocenters. The van der Waals surface area contributed by atoms with Crippen molar-refractivity contribution in [2.24, 2.45) is 11.3 Å². The molecule has 5 rings (SSSR count). The second-order valence-electron chi connectivity index (χ2n) is 10.5. The second-order valence-corrected chi connectivity index (χ2v) is 12.5. The standard InChI is InChI=1S/C27H27F3N4O3S2/c1-5-37-25(36)22-15-9-8-14(26(2,3)4)11-19(15)39-24(22)32-23(35)17-13-21-31-16(18-7-6-10-38-18)12-20(27(28,29)30)34(21)33-17/h6-7,10,12-14H,5,8-9,11H2,1-4H3,(H,32,35). The molecule has 4 aromatic rings. The van der Waals surface area contributed by atoms with E-state index in [0.717, 1.165) is 29.3 Å². The number of hydrogen-bond acceptors (Lipinski definition) is 7. The molecule has 1 aliphatic carbocycles. The van der Waals surface area contributed by atoms with Gasteiger partial charge in [-0.15, -0.1) is 22.7 Å². The molecule has 7 nitrogen and oxygen atoms in total. The van der Waals surface area contributed by atoms with Gasteiger partial charge in [0, 0.05) is 10.9 Å². The van der Waals surface area contributed by atoms with E-state index in [9.17, 15) is 22.8 Å². The molecular weight excluding hydrogens is 549 g/mol. The highest BCUT2D eigenvalue weighted by molar-refractivity contribution is 7.17. The van der Waals surface area contributed by atoms with Crippen LogP contribution in [0.5, 0.6) is 0 Å². The summed E-state index contributed by atoms with van der Waals surface area (Å²) in [5.74, 6) is -0.857. The van der Waals surface area contributed by atoms with Gasteiger partial charge < -0.3 is 10.1 Å². The quantitative estimate of drug-likeness (QED) is 0.256. The van der Waals surface area contributed by atoms with Crippen molar-refractivity contribution in [3.05, 3.63) is 57.0 Å². The van der Waals surface area contributed by atoms with Gasteiger partial charge in [0.25, 0.3) is 5.91 Å². The van der Waals surface area contributed by atoms with Crippen molar-refractivity contribution in [3.8, 4) is 10.6 Å². The van der Waals surface area contributed by atoms with E-state index in [1.807, 2.05) is 0 Å². The summed E-state index contributed by atoms with van der Waals surface area (Å²) in [5, 5.41) is 8.75. The van der Waals surface area contributed by atoms with Gasteiger partial charge in [0.2, 0.25) is 0 Å². The molecule has 206 valence electrons. The normalized spacial score (nSPS) is 15.8. The van der Waals surface area contributed by atoms with Gasteiger partial charge in [-0.3, -0.25) is 4.79 Å². The Labute approximate surface area is 231 Å². The van der Waals surface area contributed by atoms with Gasteiger partial charge in [0.1, 0.15) is 5.00 Å². The fourth-order valence-electron chi connectivity index (χ4n) is 4.84. The number of nitrogens with zero attached hydrogens (tertiary/aromatic N) is 3. The maximum absolute atomic E-state index is 13.9. The first-order chi connectivity index (χ1) is 18.4. The third-order valence-corrected chi connectivity index (χ3v) is 8.98. The first-order valence-corrected chi connectivity index (χ1v) is 14.2. The van der Waals surface area contributed by atoms with Crippen molar-refractivity contribution in [1.82, 2.24) is 14.6 Å². The van der Waals surface area contributed by atoms with Gasteiger partial charge in [-0.1, -0.05) is 26.8 Å². The summed E-state index contributed by atoms with van der Waals surface area (Å²) in [5.41, 5.74) is 0.00748. The number of esters is 1. The second kappa shape index (κ2) is 10.1. The van der Waals surface area contributed by atoms with E-state index in [1.165, 1.54) is 28.7 Å². The number of amides is 1. The van der Waals surface area contributed by atoms with Crippen molar-refractivity contribution >= 4 is 45.2 Å². The molecule has 0 radical (unpaired) electrons. The van der Waals surface area contributed by atoms with Gasteiger partial charge in [0.05, 0.1) is 22.7 Å². The molecule has 1 N–H and O–H groups in total. The summed E-state index contributed by atoms with van der Waals surface area (Å²) in [7, 11) is 0. The zero-order chi connectivity index (χ0) is 28.1. The molecule has 1 amide bonds. The Hall–Kier alpha value is -3.25. The largest absolute Gasteiger partial charge is 0.462 e. The van der Waals surface area contributed by atoms with E-state index in [1.54, 1.807) is 24.4 Å². The summed E-state index contributed by atoms with van der Waals surface area (Å²) in [6.45, 7) is 8.43. The molecular formula is C27H27F3N4O3S2. The molecule has 1 aliphatic rings. The molecule has 4 aromatic heterocycles. The number of carbonyl (C=O) groups is 2. The van der Waals surface area contributed by atoms with E-state index in [2.05, 4.69) is 36.2 Å². The molecule has 0 fully saturated rings. The van der Waals surface area contributed by atoms with Crippen LogP contribution in [0.2, 0.25) is 0 Å². The van der Waals surface area contributed by atoms with Crippen LogP contribution in [0.25, 0.3) is 16.2 Å². The number of carbonyl (C=O) groups excluding carboxylic acids is 2. The fourth-order valence-corrected chi connectivity index (χ4v) is 6.83. The summed E-state index contributed by atoms with van der Waals surface area (Å²) < 4.78 is 47.7. The first kappa shape index (κ1) is 27.3. The predicted molar refractivity (Wildman–Crippen MR) is 145 cm³/mol. The van der Waals surface area contributed by atoms with Gasteiger partial charge in [0.15, 0.2) is 17.0 Å². The van der Waals surface area contributed by atoms with E-state index < -0.39 is 23.7 Å². The molecule has 4 heterocycles. The van der Waals surface area contributed by atoms with E-state index in [0.29, 0.717) is 32.3 Å². The Morgan fingerprint density at radius 3 is 2.64 bits per heavy atom. The van der Waals surface area contributed by atoms with Gasteiger partial charge in [-0.25, -0.2) is 14.3 Å². The van der Waals surface area contributed by atoms with Gasteiger partial charge >= 0.3 is 12.1 Å². The molecule has 0 aliphatic heterocycles. The highest BCUT2D eigenvalue weighted by Crippen LogP contribution is 2.44. The molecule has 0 spiro atoms. The van der Waals surface area contributed by atoms with Crippen LogP contribution in [-0.2, 0) is 23.8 Å². The Kier molecular flexibility index (Phi) is 7.04. The molecule has 0 saturated heterocycles. The lowest BCUT2D eigenvalue weighted by Crippen LogP contribution is -2.26. The van der Waals surface area contributed by atoms with Crippen LogP contribution in [0.3, 0.4) is 0 Å². The third-order valence-electron chi connectivity index (χ3n) is 6.92. The molecule has 0 bridgehead atoms. The van der Waals surface area contributed by atoms with Crippen LogP contribution in [0, 0.1) is 11.3 Å². The lowest BCUT2D eigenvalue weighted by Gasteiger charge is -2.33. The minimum atomic E-state index is -4.72. The van der Waals surface area contributed by atoms with Crippen molar-refractivity contribution in [3.63, 3.8) is 0 Å². The summed E-state index contributed by atoms with van der Waals surface area (Å²) >= 11 is 2.57. The minimum Gasteiger partial charge on any atom is -0.462 e. The third kappa shape index (κ3) is 5.31. The summed E-state index contributed by atoms with van der Waals surface area (Å²) in [6, 6.07) is 5.54. The highest BCUT2D eigenvalue weighted by atomic mass is 32.1. The highest BCUT2D eigenvalue weighted by Gasteiger charge is 2.37. The number of hydrogen-bond donors (Lipinski definition) is 1. The van der Waals surface area contributed by atoms with Crippen molar-refractivity contribution in [2.45, 2.75) is 53.1 Å². The van der Waals surface area contributed by atoms with E-state index >= 15 is 0 Å². The Bertz CT molecular complexity index is 1550. The van der Waals surface area contributed by atoms with Gasteiger partial charge in [-0.05, 0) is 60.6 Å². The zero-order valence-corrected chi connectivity index (χ0v) is 23.4. The maximum Gasteiger partial charge on any atom is 0.433 e. The predicted octanol–water partition coefficient (Wildman–Crippen LogP) is 7.12. The smallest absolute Gasteiger partial charge is 0.433 e. The Morgan fingerprint density at radius 1 is 1.23 bits per heavy atom. The Morgan fingerprint density at radius 2 is 2.00 bits per heavy atom. The van der Waals surface area contributed by atoms with Crippen molar-refractivity contribution in [1.29, 1.82) is 0 Å². The van der Waals surface area contributed by atoms with Crippen molar-refractivity contribution < 1.29 is 27.5 Å². The molecule has 1 atom stereocenters. The molecule has 0 aromatic carbocycles. The average molecular weight is 577 g/mol. The average Bonchev–Trinajstić information content (AvgIpc) is 3.59. The molecule has 39 heavy (non-hydrogen) atoms. The van der Waals surface area contributed by atoms with Crippen LogP contribution >= 0.6 is 22.7 Å². The number of fused-ring (bicyclic) bond motifs is 2. The number of halogens is 3. The number of nitrogens with one attached hydrogen (secondary N) is 1. The fraction of sp³-hybridized carbons (Fsp3) is 0.407. The van der Waals surface area contributed by atoms with Crippen LogP contribution in [-0.4, -0.2) is 33.1 Å². The van der Waals surface area contributed by atoms with E-state index in [-0.39, 0.29) is 29.1 Å². The number of ether oxygens (including phenoxy) is 1. The first-order valence-electron chi connectivity index (χ1n) is 12.5. The number of alkyl halides is 3. The number of aromatic nitrogens is 3. The summed E-state index contributed by atoms with van der Waals surface area (Å²) in [4.78, 5) is 32.1. The van der Waals surface area contributed by atoms with Gasteiger partial charge in [-0.2, -0.15) is 18.3 Å². The van der Waals surface area contributed by atoms with Crippen LogP contribution in [0.15, 0.2) is 29.6 Å². The van der Waals surface area contributed by atoms with Crippen LogP contribution < -0.4 is 5.32 Å². The number of anilines is 1. The van der Waals surface area contributed by atoms with E-state index in [4.69, 9.17) is 4.74 Å².